The zero-order valence-corrected chi connectivity index (χ0v) is 12.0. The molecule has 0 radical (unpaired) electrons. The van der Waals surface area contributed by atoms with Crippen LogP contribution >= 0.6 is 15.9 Å². The third-order valence-corrected chi connectivity index (χ3v) is 4.65. The highest BCUT2D eigenvalue weighted by Gasteiger charge is 2.17. The molecule has 1 aromatic carbocycles. The predicted molar refractivity (Wildman–Crippen MR) is 73.9 cm³/mol. The molecular formula is C12H11BrN2O2S. The van der Waals surface area contributed by atoms with Gasteiger partial charge in [-0.1, -0.05) is 12.1 Å². The molecule has 0 aliphatic carbocycles. The molecule has 0 bridgehead atoms. The first-order valence-electron chi connectivity index (χ1n) is 5.18. The summed E-state index contributed by atoms with van der Waals surface area (Å²) in [7, 11) is -3.60. The Morgan fingerprint density at radius 3 is 2.61 bits per heavy atom. The average Bonchev–Trinajstić information content (AvgIpc) is 2.28. The van der Waals surface area contributed by atoms with Crippen molar-refractivity contribution < 1.29 is 8.42 Å². The maximum atomic E-state index is 12.2. The highest BCUT2D eigenvalue weighted by molar-refractivity contribution is 9.10. The number of hydrogen-bond donors (Lipinski definition) is 1. The first-order valence-corrected chi connectivity index (χ1v) is 7.46. The van der Waals surface area contributed by atoms with Gasteiger partial charge in [-0.05, 0) is 46.6 Å². The van der Waals surface area contributed by atoms with Gasteiger partial charge in [0.1, 0.15) is 4.90 Å². The van der Waals surface area contributed by atoms with Gasteiger partial charge in [-0.3, -0.25) is 9.71 Å². The predicted octanol–water partition coefficient (Wildman–Crippen LogP) is 2.95. The van der Waals surface area contributed by atoms with Crippen molar-refractivity contribution in [3.8, 4) is 0 Å². The molecule has 0 unspecified atom stereocenters. The quantitative estimate of drug-likeness (QED) is 0.943. The van der Waals surface area contributed by atoms with Crippen molar-refractivity contribution in [2.45, 2.75) is 11.8 Å². The Morgan fingerprint density at radius 2 is 1.94 bits per heavy atom. The van der Waals surface area contributed by atoms with E-state index in [0.717, 1.165) is 5.56 Å². The smallest absolute Gasteiger partial charge is 0.263 e. The largest absolute Gasteiger partial charge is 0.278 e. The van der Waals surface area contributed by atoms with Crippen LogP contribution in [-0.4, -0.2) is 13.4 Å². The molecule has 0 aliphatic rings. The standard InChI is InChI=1S/C12H11BrN2O2S/c1-9-6-10(8-14-7-9)15-18(16,17)12-5-3-2-4-11(12)13/h2-8,15H,1H3. The van der Waals surface area contributed by atoms with E-state index in [1.54, 1.807) is 30.5 Å². The zero-order valence-electron chi connectivity index (χ0n) is 9.59. The van der Waals surface area contributed by atoms with Crippen LogP contribution in [0.5, 0.6) is 0 Å². The molecule has 1 N–H and O–H groups in total. The van der Waals surface area contributed by atoms with Gasteiger partial charge in [0.15, 0.2) is 0 Å². The molecule has 0 fully saturated rings. The molecule has 2 rings (SSSR count). The Hall–Kier alpha value is -1.40. The van der Waals surface area contributed by atoms with Crippen LogP contribution in [0.1, 0.15) is 5.56 Å². The van der Waals surface area contributed by atoms with Gasteiger partial charge in [-0.15, -0.1) is 0 Å². The number of aromatic nitrogens is 1. The van der Waals surface area contributed by atoms with Crippen LogP contribution in [0.25, 0.3) is 0 Å². The van der Waals surface area contributed by atoms with Crippen molar-refractivity contribution in [2.24, 2.45) is 0 Å². The van der Waals surface area contributed by atoms with Crippen molar-refractivity contribution in [3.05, 3.63) is 52.8 Å². The maximum absolute atomic E-state index is 12.2. The Kier molecular flexibility index (Phi) is 3.68. The number of rotatable bonds is 3. The molecule has 0 saturated heterocycles. The fourth-order valence-electron chi connectivity index (χ4n) is 1.48. The molecular weight excluding hydrogens is 316 g/mol. The number of aryl methyl sites for hydroxylation is 1. The molecule has 0 spiro atoms. The molecule has 0 amide bonds. The van der Waals surface area contributed by atoms with E-state index in [9.17, 15) is 8.42 Å². The van der Waals surface area contributed by atoms with E-state index in [0.29, 0.717) is 10.2 Å². The Bertz CT molecular complexity index is 671. The SMILES string of the molecule is Cc1cncc(NS(=O)(=O)c2ccccc2Br)c1. The molecule has 1 heterocycles. The van der Waals surface area contributed by atoms with Crippen LogP contribution < -0.4 is 4.72 Å². The van der Waals surface area contributed by atoms with Gasteiger partial charge < -0.3 is 0 Å². The van der Waals surface area contributed by atoms with E-state index < -0.39 is 10.0 Å². The summed E-state index contributed by atoms with van der Waals surface area (Å²) in [4.78, 5) is 4.15. The second-order valence-electron chi connectivity index (χ2n) is 3.79. The van der Waals surface area contributed by atoms with Gasteiger partial charge in [0.05, 0.1) is 11.9 Å². The molecule has 1 aromatic heterocycles. The molecule has 94 valence electrons. The van der Waals surface area contributed by atoms with Crippen LogP contribution in [0.2, 0.25) is 0 Å². The minimum atomic E-state index is -3.60. The minimum absolute atomic E-state index is 0.200. The van der Waals surface area contributed by atoms with Crippen LogP contribution in [0.4, 0.5) is 5.69 Å². The van der Waals surface area contributed by atoms with Crippen molar-refractivity contribution >= 4 is 31.6 Å². The van der Waals surface area contributed by atoms with Crippen LogP contribution in [0.3, 0.4) is 0 Å². The van der Waals surface area contributed by atoms with Gasteiger partial charge in [-0.2, -0.15) is 0 Å². The van der Waals surface area contributed by atoms with Gasteiger partial charge >= 0.3 is 0 Å². The second-order valence-corrected chi connectivity index (χ2v) is 6.29. The van der Waals surface area contributed by atoms with E-state index in [2.05, 4.69) is 25.6 Å². The van der Waals surface area contributed by atoms with Gasteiger partial charge in [0.25, 0.3) is 10.0 Å². The first-order chi connectivity index (χ1) is 8.49. The van der Waals surface area contributed by atoms with E-state index in [1.165, 1.54) is 12.3 Å². The number of anilines is 1. The number of halogens is 1. The lowest BCUT2D eigenvalue weighted by Gasteiger charge is -2.09. The lowest BCUT2D eigenvalue weighted by Crippen LogP contribution is -2.13. The van der Waals surface area contributed by atoms with Gasteiger partial charge in [0.2, 0.25) is 0 Å². The minimum Gasteiger partial charge on any atom is -0.278 e. The zero-order chi connectivity index (χ0) is 13.2. The first kappa shape index (κ1) is 13.0. The molecule has 18 heavy (non-hydrogen) atoms. The normalized spacial score (nSPS) is 11.2. The summed E-state index contributed by atoms with van der Waals surface area (Å²) in [6.45, 7) is 1.85. The third kappa shape index (κ3) is 2.88. The molecule has 2 aromatic rings. The van der Waals surface area contributed by atoms with E-state index in [-0.39, 0.29) is 4.90 Å². The maximum Gasteiger partial charge on any atom is 0.263 e. The van der Waals surface area contributed by atoms with Crippen molar-refractivity contribution in [2.75, 3.05) is 4.72 Å². The lowest BCUT2D eigenvalue weighted by molar-refractivity contribution is 0.600. The summed E-state index contributed by atoms with van der Waals surface area (Å²) in [5.41, 5.74) is 1.34. The van der Waals surface area contributed by atoms with Gasteiger partial charge in [0, 0.05) is 10.7 Å². The van der Waals surface area contributed by atoms with Crippen LogP contribution in [0.15, 0.2) is 52.1 Å². The molecule has 0 aliphatic heterocycles. The fourth-order valence-corrected chi connectivity index (χ4v) is 3.52. The average molecular weight is 327 g/mol. The van der Waals surface area contributed by atoms with E-state index >= 15 is 0 Å². The Morgan fingerprint density at radius 1 is 1.22 bits per heavy atom. The number of nitrogens with zero attached hydrogens (tertiary/aromatic N) is 1. The monoisotopic (exact) mass is 326 g/mol. The van der Waals surface area contributed by atoms with E-state index in [1.807, 2.05) is 6.92 Å². The summed E-state index contributed by atoms with van der Waals surface area (Å²) in [6.07, 6.45) is 3.14. The van der Waals surface area contributed by atoms with Crippen LogP contribution in [0, 0.1) is 6.92 Å². The summed E-state index contributed by atoms with van der Waals surface area (Å²) >= 11 is 3.23. The number of hydrogen-bond acceptors (Lipinski definition) is 3. The van der Waals surface area contributed by atoms with Crippen molar-refractivity contribution in [1.82, 2.24) is 4.98 Å². The highest BCUT2D eigenvalue weighted by atomic mass is 79.9. The molecule has 6 heteroatoms. The summed E-state index contributed by atoms with van der Waals surface area (Å²) in [5.74, 6) is 0. The van der Waals surface area contributed by atoms with Crippen molar-refractivity contribution in [1.29, 1.82) is 0 Å². The van der Waals surface area contributed by atoms with Crippen molar-refractivity contribution in [3.63, 3.8) is 0 Å². The highest BCUT2D eigenvalue weighted by Crippen LogP contribution is 2.23. The second kappa shape index (κ2) is 5.07. The number of pyridine rings is 1. The Balaban J connectivity index is 2.37. The summed E-state index contributed by atoms with van der Waals surface area (Å²) in [5, 5.41) is 0. The lowest BCUT2D eigenvalue weighted by atomic mass is 10.3. The number of sulfonamides is 1. The topological polar surface area (TPSA) is 59.1 Å². The van der Waals surface area contributed by atoms with Gasteiger partial charge in [-0.25, -0.2) is 8.42 Å². The third-order valence-electron chi connectivity index (χ3n) is 2.25. The summed E-state index contributed by atoms with van der Waals surface area (Å²) < 4.78 is 27.4. The number of benzene rings is 1. The molecule has 0 atom stereocenters. The Labute approximate surface area is 114 Å². The number of nitrogens with one attached hydrogen (secondary N) is 1. The fraction of sp³-hybridized carbons (Fsp3) is 0.0833. The van der Waals surface area contributed by atoms with Crippen LogP contribution in [-0.2, 0) is 10.0 Å². The van der Waals surface area contributed by atoms with E-state index in [4.69, 9.17) is 0 Å². The summed E-state index contributed by atoms with van der Waals surface area (Å²) in [6, 6.07) is 8.38. The molecule has 0 saturated carbocycles. The molecule has 4 nitrogen and oxygen atoms in total.